The van der Waals surface area contributed by atoms with Crippen LogP contribution in [-0.2, 0) is 0 Å². The van der Waals surface area contributed by atoms with Crippen molar-refractivity contribution in [1.29, 1.82) is 0 Å². The Balaban J connectivity index is 1.55. The highest BCUT2D eigenvalue weighted by Crippen LogP contribution is 2.43. The van der Waals surface area contributed by atoms with Crippen LogP contribution in [0.25, 0.3) is 0 Å². The van der Waals surface area contributed by atoms with Crippen molar-refractivity contribution in [3.63, 3.8) is 0 Å². The second-order valence-corrected chi connectivity index (χ2v) is 5.73. The van der Waals surface area contributed by atoms with Crippen LogP contribution in [0.3, 0.4) is 0 Å². The SMILES string of the molecule is C[C@H](NCC1CC2C=CC1C2)c1cccc(F)c1. The first-order valence-corrected chi connectivity index (χ1v) is 6.89. The highest BCUT2D eigenvalue weighted by molar-refractivity contribution is 5.19. The summed E-state index contributed by atoms with van der Waals surface area (Å²) < 4.78 is 13.2. The summed E-state index contributed by atoms with van der Waals surface area (Å²) in [5.74, 6) is 2.23. The second-order valence-electron chi connectivity index (χ2n) is 5.73. The molecule has 3 unspecified atom stereocenters. The van der Waals surface area contributed by atoms with E-state index < -0.39 is 0 Å². The van der Waals surface area contributed by atoms with Crippen molar-refractivity contribution in [2.75, 3.05) is 6.54 Å². The van der Waals surface area contributed by atoms with Crippen molar-refractivity contribution in [1.82, 2.24) is 5.32 Å². The molecule has 2 aliphatic carbocycles. The lowest BCUT2D eigenvalue weighted by Gasteiger charge is -2.22. The van der Waals surface area contributed by atoms with Crippen LogP contribution in [0.5, 0.6) is 0 Å². The predicted octanol–water partition coefficient (Wildman–Crippen LogP) is 3.69. The predicted molar refractivity (Wildman–Crippen MR) is 71.7 cm³/mol. The summed E-state index contributed by atoms with van der Waals surface area (Å²) in [5, 5.41) is 3.55. The summed E-state index contributed by atoms with van der Waals surface area (Å²) in [5.41, 5.74) is 1.04. The molecular formula is C16H20FN. The maximum atomic E-state index is 13.2. The van der Waals surface area contributed by atoms with Crippen LogP contribution in [0.4, 0.5) is 4.39 Å². The molecule has 1 fully saturated rings. The van der Waals surface area contributed by atoms with E-state index >= 15 is 0 Å². The molecular weight excluding hydrogens is 225 g/mol. The van der Waals surface area contributed by atoms with Gasteiger partial charge in [-0.05, 0) is 61.8 Å². The smallest absolute Gasteiger partial charge is 0.123 e. The van der Waals surface area contributed by atoms with Gasteiger partial charge < -0.3 is 5.32 Å². The Morgan fingerprint density at radius 1 is 1.33 bits per heavy atom. The Kier molecular flexibility index (Phi) is 3.21. The van der Waals surface area contributed by atoms with Gasteiger partial charge in [-0.3, -0.25) is 0 Å². The molecule has 1 N–H and O–H groups in total. The molecule has 1 aromatic carbocycles. The monoisotopic (exact) mass is 245 g/mol. The van der Waals surface area contributed by atoms with Crippen LogP contribution in [0.2, 0.25) is 0 Å². The van der Waals surface area contributed by atoms with Crippen LogP contribution >= 0.6 is 0 Å². The van der Waals surface area contributed by atoms with E-state index in [1.54, 1.807) is 12.1 Å². The lowest BCUT2D eigenvalue weighted by molar-refractivity contribution is 0.393. The van der Waals surface area contributed by atoms with Gasteiger partial charge in [0.1, 0.15) is 5.82 Å². The summed E-state index contributed by atoms with van der Waals surface area (Å²) in [6, 6.07) is 7.11. The van der Waals surface area contributed by atoms with Gasteiger partial charge in [-0.25, -0.2) is 4.39 Å². The van der Waals surface area contributed by atoms with Gasteiger partial charge in [0.15, 0.2) is 0 Å². The van der Waals surface area contributed by atoms with Gasteiger partial charge >= 0.3 is 0 Å². The largest absolute Gasteiger partial charge is 0.310 e. The van der Waals surface area contributed by atoms with Crippen molar-refractivity contribution in [3.8, 4) is 0 Å². The molecule has 96 valence electrons. The first-order valence-electron chi connectivity index (χ1n) is 6.89. The Labute approximate surface area is 108 Å². The summed E-state index contributed by atoms with van der Waals surface area (Å²) in [4.78, 5) is 0. The average molecular weight is 245 g/mol. The molecule has 2 heteroatoms. The first-order chi connectivity index (χ1) is 8.72. The number of benzene rings is 1. The molecule has 18 heavy (non-hydrogen) atoms. The number of hydrogen-bond donors (Lipinski definition) is 1. The molecule has 1 aromatic rings. The van der Waals surface area contributed by atoms with E-state index in [0.29, 0.717) is 0 Å². The summed E-state index contributed by atoms with van der Waals surface area (Å²) in [7, 11) is 0. The Hall–Kier alpha value is -1.15. The molecule has 2 aliphatic rings. The number of hydrogen-bond acceptors (Lipinski definition) is 1. The topological polar surface area (TPSA) is 12.0 Å². The van der Waals surface area contributed by atoms with Crippen molar-refractivity contribution in [3.05, 3.63) is 47.8 Å². The highest BCUT2D eigenvalue weighted by atomic mass is 19.1. The number of halogens is 1. The van der Waals surface area contributed by atoms with E-state index in [9.17, 15) is 4.39 Å². The summed E-state index contributed by atoms with van der Waals surface area (Å²) >= 11 is 0. The Morgan fingerprint density at radius 2 is 2.22 bits per heavy atom. The summed E-state index contributed by atoms with van der Waals surface area (Å²) in [6.07, 6.45) is 7.43. The van der Waals surface area contributed by atoms with Gasteiger partial charge in [0.2, 0.25) is 0 Å². The fraction of sp³-hybridized carbons (Fsp3) is 0.500. The fourth-order valence-corrected chi connectivity index (χ4v) is 3.35. The van der Waals surface area contributed by atoms with Gasteiger partial charge in [0.05, 0.1) is 0 Å². The van der Waals surface area contributed by atoms with E-state index in [1.165, 1.54) is 18.9 Å². The highest BCUT2D eigenvalue weighted by Gasteiger charge is 2.35. The average Bonchev–Trinajstić information content (AvgIpc) is 2.98. The zero-order valence-corrected chi connectivity index (χ0v) is 10.8. The zero-order valence-electron chi connectivity index (χ0n) is 10.8. The van der Waals surface area contributed by atoms with Gasteiger partial charge in [-0.15, -0.1) is 0 Å². The van der Waals surface area contributed by atoms with E-state index in [4.69, 9.17) is 0 Å². The molecule has 1 saturated carbocycles. The fourth-order valence-electron chi connectivity index (χ4n) is 3.35. The maximum absolute atomic E-state index is 13.2. The number of fused-ring (bicyclic) bond motifs is 2. The second kappa shape index (κ2) is 4.85. The minimum Gasteiger partial charge on any atom is -0.310 e. The molecule has 0 aromatic heterocycles. The number of rotatable bonds is 4. The summed E-state index contributed by atoms with van der Waals surface area (Å²) in [6.45, 7) is 3.15. The standard InChI is InChI=1S/C16H20FN/c1-11(13-3-2-4-16(17)9-13)18-10-15-8-12-5-6-14(15)7-12/h2-6,9,11-12,14-15,18H,7-8,10H2,1H3/t11-,12?,14?,15?/m0/s1. The van der Waals surface area contributed by atoms with Crippen molar-refractivity contribution >= 4 is 0 Å². The molecule has 0 spiro atoms. The van der Waals surface area contributed by atoms with Crippen LogP contribution in [0.1, 0.15) is 31.4 Å². The minimum atomic E-state index is -0.149. The van der Waals surface area contributed by atoms with Gasteiger partial charge in [-0.1, -0.05) is 24.3 Å². The molecule has 0 aliphatic heterocycles. The normalized spacial score (nSPS) is 30.9. The minimum absolute atomic E-state index is 0.149. The molecule has 1 nitrogen and oxygen atoms in total. The van der Waals surface area contributed by atoms with Crippen LogP contribution in [0.15, 0.2) is 36.4 Å². The number of allylic oxidation sites excluding steroid dienone is 2. The molecule has 0 heterocycles. The lowest BCUT2D eigenvalue weighted by Crippen LogP contribution is -2.27. The van der Waals surface area contributed by atoms with Crippen LogP contribution < -0.4 is 5.32 Å². The molecule has 4 atom stereocenters. The van der Waals surface area contributed by atoms with E-state index in [2.05, 4.69) is 24.4 Å². The third kappa shape index (κ3) is 2.35. The maximum Gasteiger partial charge on any atom is 0.123 e. The van der Waals surface area contributed by atoms with Gasteiger partial charge in [-0.2, -0.15) is 0 Å². The van der Waals surface area contributed by atoms with Crippen molar-refractivity contribution < 1.29 is 4.39 Å². The van der Waals surface area contributed by atoms with Gasteiger partial charge in [0.25, 0.3) is 0 Å². The van der Waals surface area contributed by atoms with Gasteiger partial charge in [0, 0.05) is 6.04 Å². The number of nitrogens with one attached hydrogen (secondary N) is 1. The van der Waals surface area contributed by atoms with Crippen molar-refractivity contribution in [2.24, 2.45) is 17.8 Å². The molecule has 2 bridgehead atoms. The van der Waals surface area contributed by atoms with E-state index in [0.717, 1.165) is 29.9 Å². The quantitative estimate of drug-likeness (QED) is 0.798. The van der Waals surface area contributed by atoms with Crippen molar-refractivity contribution in [2.45, 2.75) is 25.8 Å². The lowest BCUT2D eigenvalue weighted by atomic mass is 9.93. The molecule has 3 rings (SSSR count). The Bertz CT molecular complexity index is 454. The third-order valence-corrected chi connectivity index (χ3v) is 4.45. The Morgan fingerprint density at radius 3 is 2.89 bits per heavy atom. The van der Waals surface area contributed by atoms with Crippen LogP contribution in [0, 0.1) is 23.6 Å². The molecule has 0 saturated heterocycles. The third-order valence-electron chi connectivity index (χ3n) is 4.45. The zero-order chi connectivity index (χ0) is 12.5. The first kappa shape index (κ1) is 11.9. The van der Waals surface area contributed by atoms with E-state index in [-0.39, 0.29) is 11.9 Å². The molecule has 0 radical (unpaired) electrons. The molecule has 0 amide bonds. The van der Waals surface area contributed by atoms with E-state index in [1.807, 2.05) is 6.07 Å². The van der Waals surface area contributed by atoms with Crippen LogP contribution in [-0.4, -0.2) is 6.54 Å².